The number of rotatable bonds is 1. The quantitative estimate of drug-likeness (QED) is 0.850. The molecule has 1 saturated heterocycles. The Morgan fingerprint density at radius 1 is 1.26 bits per heavy atom. The molecule has 0 radical (unpaired) electrons. The van der Waals surface area contributed by atoms with Gasteiger partial charge in [0, 0.05) is 24.0 Å². The average Bonchev–Trinajstić information content (AvgIpc) is 3.11. The molecule has 2 unspecified atom stereocenters. The Morgan fingerprint density at radius 3 is 2.84 bits per heavy atom. The van der Waals surface area contributed by atoms with E-state index < -0.39 is 0 Å². The number of fused-ring (bicyclic) bond motifs is 2. The van der Waals surface area contributed by atoms with Gasteiger partial charge in [0.1, 0.15) is 0 Å². The smallest absolute Gasteiger partial charge is 0.253 e. The van der Waals surface area contributed by atoms with Crippen molar-refractivity contribution in [3.8, 4) is 0 Å². The number of aromatic nitrogens is 2. The monoisotopic (exact) mass is 255 g/mol. The molecule has 1 aliphatic carbocycles. The molecule has 2 aromatic rings. The first-order valence-electron chi connectivity index (χ1n) is 7.04. The van der Waals surface area contributed by atoms with Gasteiger partial charge in [-0.1, -0.05) is 12.5 Å². The van der Waals surface area contributed by atoms with E-state index in [2.05, 4.69) is 10.2 Å². The van der Waals surface area contributed by atoms with Crippen LogP contribution in [0.3, 0.4) is 0 Å². The zero-order chi connectivity index (χ0) is 12.8. The lowest BCUT2D eigenvalue weighted by molar-refractivity contribution is 0.0781. The molecule has 2 heterocycles. The first-order valence-corrected chi connectivity index (χ1v) is 7.04. The number of aromatic amines is 1. The van der Waals surface area contributed by atoms with Crippen molar-refractivity contribution in [2.45, 2.75) is 19.3 Å². The van der Waals surface area contributed by atoms with Crippen LogP contribution in [-0.2, 0) is 0 Å². The number of benzene rings is 1. The van der Waals surface area contributed by atoms with Gasteiger partial charge in [-0.15, -0.1) is 0 Å². The SMILES string of the molecule is O=C(c1ccc2cn[nH]c2c1)N1CC2CCCC2C1. The van der Waals surface area contributed by atoms with E-state index in [9.17, 15) is 4.79 Å². The highest BCUT2D eigenvalue weighted by molar-refractivity contribution is 5.97. The predicted octanol–water partition coefficient (Wildman–Crippen LogP) is 2.44. The molecule has 1 amide bonds. The van der Waals surface area contributed by atoms with Crippen molar-refractivity contribution in [3.63, 3.8) is 0 Å². The topological polar surface area (TPSA) is 49.0 Å². The molecule has 0 spiro atoms. The van der Waals surface area contributed by atoms with E-state index in [-0.39, 0.29) is 5.91 Å². The van der Waals surface area contributed by atoms with Crippen LogP contribution in [0.4, 0.5) is 0 Å². The first kappa shape index (κ1) is 11.0. The van der Waals surface area contributed by atoms with Gasteiger partial charge in [-0.25, -0.2) is 0 Å². The highest BCUT2D eigenvalue weighted by Gasteiger charge is 2.38. The maximum atomic E-state index is 12.5. The van der Waals surface area contributed by atoms with Crippen LogP contribution in [0, 0.1) is 11.8 Å². The number of nitrogens with zero attached hydrogens (tertiary/aromatic N) is 2. The van der Waals surface area contributed by atoms with Crippen LogP contribution in [0.5, 0.6) is 0 Å². The zero-order valence-electron chi connectivity index (χ0n) is 10.8. The fraction of sp³-hybridized carbons (Fsp3) is 0.467. The highest BCUT2D eigenvalue weighted by Crippen LogP contribution is 2.38. The lowest BCUT2D eigenvalue weighted by Gasteiger charge is -2.17. The molecule has 4 nitrogen and oxygen atoms in total. The van der Waals surface area contributed by atoms with Crippen molar-refractivity contribution in [1.29, 1.82) is 0 Å². The van der Waals surface area contributed by atoms with Crippen molar-refractivity contribution in [1.82, 2.24) is 15.1 Å². The van der Waals surface area contributed by atoms with Gasteiger partial charge >= 0.3 is 0 Å². The zero-order valence-corrected chi connectivity index (χ0v) is 10.8. The van der Waals surface area contributed by atoms with E-state index in [1.165, 1.54) is 19.3 Å². The van der Waals surface area contributed by atoms with Gasteiger partial charge in [-0.2, -0.15) is 5.10 Å². The Labute approximate surface area is 111 Å². The molecule has 98 valence electrons. The van der Waals surface area contributed by atoms with E-state index >= 15 is 0 Å². The van der Waals surface area contributed by atoms with Gasteiger partial charge in [0.15, 0.2) is 0 Å². The number of hydrogen-bond donors (Lipinski definition) is 1. The Balaban J connectivity index is 1.59. The fourth-order valence-corrected chi connectivity index (χ4v) is 3.65. The summed E-state index contributed by atoms with van der Waals surface area (Å²) in [4.78, 5) is 14.6. The largest absolute Gasteiger partial charge is 0.338 e. The molecular formula is C15H17N3O. The van der Waals surface area contributed by atoms with Gasteiger partial charge in [-0.3, -0.25) is 9.89 Å². The summed E-state index contributed by atoms with van der Waals surface area (Å²) in [7, 11) is 0. The Morgan fingerprint density at radius 2 is 2.05 bits per heavy atom. The molecule has 4 heteroatoms. The second kappa shape index (κ2) is 4.08. The number of nitrogens with one attached hydrogen (secondary N) is 1. The van der Waals surface area contributed by atoms with Crippen molar-refractivity contribution in [2.24, 2.45) is 11.8 Å². The predicted molar refractivity (Wildman–Crippen MR) is 72.8 cm³/mol. The molecule has 1 aromatic heterocycles. The van der Waals surface area contributed by atoms with Crippen molar-refractivity contribution < 1.29 is 4.79 Å². The summed E-state index contributed by atoms with van der Waals surface area (Å²) in [5.41, 5.74) is 1.71. The van der Waals surface area contributed by atoms with Crippen LogP contribution < -0.4 is 0 Å². The average molecular weight is 255 g/mol. The minimum Gasteiger partial charge on any atom is -0.338 e. The highest BCUT2D eigenvalue weighted by atomic mass is 16.2. The third-order valence-corrected chi connectivity index (χ3v) is 4.70. The molecule has 2 aliphatic rings. The summed E-state index contributed by atoms with van der Waals surface area (Å²) in [6.45, 7) is 1.90. The number of hydrogen-bond acceptors (Lipinski definition) is 2. The van der Waals surface area contributed by atoms with Gasteiger partial charge in [0.05, 0.1) is 11.7 Å². The molecule has 4 rings (SSSR count). The molecular weight excluding hydrogens is 238 g/mol. The number of H-pyrrole nitrogens is 1. The van der Waals surface area contributed by atoms with E-state index in [0.717, 1.165) is 41.4 Å². The summed E-state index contributed by atoms with van der Waals surface area (Å²) in [6.07, 6.45) is 5.73. The summed E-state index contributed by atoms with van der Waals surface area (Å²) in [6, 6.07) is 5.79. The molecule has 1 saturated carbocycles. The molecule has 1 N–H and O–H groups in total. The summed E-state index contributed by atoms with van der Waals surface area (Å²) in [5, 5.41) is 7.97. The van der Waals surface area contributed by atoms with Crippen molar-refractivity contribution in [2.75, 3.05) is 13.1 Å². The maximum absolute atomic E-state index is 12.5. The molecule has 1 aromatic carbocycles. The Hall–Kier alpha value is -1.84. The van der Waals surface area contributed by atoms with Crippen LogP contribution in [0.15, 0.2) is 24.4 Å². The summed E-state index contributed by atoms with van der Waals surface area (Å²) in [5.74, 6) is 1.67. The minimum absolute atomic E-state index is 0.172. The Bertz CT molecular complexity index is 621. The lowest BCUT2D eigenvalue weighted by atomic mass is 10.0. The normalized spacial score (nSPS) is 26.0. The van der Waals surface area contributed by atoms with E-state index in [4.69, 9.17) is 0 Å². The number of carbonyl (C=O) groups excluding carboxylic acids is 1. The van der Waals surface area contributed by atoms with Crippen molar-refractivity contribution >= 4 is 16.8 Å². The third kappa shape index (κ3) is 1.74. The maximum Gasteiger partial charge on any atom is 0.253 e. The van der Waals surface area contributed by atoms with Crippen LogP contribution in [-0.4, -0.2) is 34.1 Å². The molecule has 19 heavy (non-hydrogen) atoms. The van der Waals surface area contributed by atoms with Gasteiger partial charge in [-0.05, 0) is 36.8 Å². The van der Waals surface area contributed by atoms with Crippen LogP contribution in [0.2, 0.25) is 0 Å². The van der Waals surface area contributed by atoms with Gasteiger partial charge in [0.25, 0.3) is 5.91 Å². The standard InChI is InChI=1S/C15H17N3O/c19-15(18-8-12-2-1-3-13(12)9-18)10-4-5-11-7-16-17-14(11)6-10/h4-7,12-13H,1-3,8-9H2,(H,16,17). The fourth-order valence-electron chi connectivity index (χ4n) is 3.65. The molecule has 1 aliphatic heterocycles. The van der Waals surface area contributed by atoms with E-state index in [0.29, 0.717) is 0 Å². The van der Waals surface area contributed by atoms with Gasteiger partial charge < -0.3 is 4.90 Å². The first-order chi connectivity index (χ1) is 9.31. The number of likely N-dealkylation sites (tertiary alicyclic amines) is 1. The van der Waals surface area contributed by atoms with Crippen molar-refractivity contribution in [3.05, 3.63) is 30.0 Å². The molecule has 2 atom stereocenters. The molecule has 0 bridgehead atoms. The van der Waals surface area contributed by atoms with Crippen LogP contribution in [0.25, 0.3) is 10.9 Å². The lowest BCUT2D eigenvalue weighted by Crippen LogP contribution is -2.29. The number of amides is 1. The molecule has 2 fully saturated rings. The summed E-state index contributed by atoms with van der Waals surface area (Å²) >= 11 is 0. The third-order valence-electron chi connectivity index (χ3n) is 4.70. The second-order valence-corrected chi connectivity index (χ2v) is 5.83. The van der Waals surface area contributed by atoms with E-state index in [1.54, 1.807) is 6.20 Å². The Kier molecular flexibility index (Phi) is 2.37. The van der Waals surface area contributed by atoms with Crippen LogP contribution in [0.1, 0.15) is 29.6 Å². The van der Waals surface area contributed by atoms with Crippen LogP contribution >= 0.6 is 0 Å². The number of carbonyl (C=O) groups is 1. The summed E-state index contributed by atoms with van der Waals surface area (Å²) < 4.78 is 0. The van der Waals surface area contributed by atoms with E-state index in [1.807, 2.05) is 23.1 Å². The second-order valence-electron chi connectivity index (χ2n) is 5.83. The van der Waals surface area contributed by atoms with Gasteiger partial charge in [0.2, 0.25) is 0 Å². The minimum atomic E-state index is 0.172.